The molecule has 0 radical (unpaired) electrons. The molecule has 0 saturated heterocycles. The molecular weight excluding hydrogens is 223 g/mol. The van der Waals surface area contributed by atoms with E-state index in [9.17, 15) is 4.39 Å². The van der Waals surface area contributed by atoms with Crippen LogP contribution in [-0.4, -0.2) is 0 Å². The highest BCUT2D eigenvalue weighted by molar-refractivity contribution is 5.16. The first-order valence-electron chi connectivity index (χ1n) is 6.01. The van der Waals surface area contributed by atoms with Crippen LogP contribution in [0.1, 0.15) is 34.1 Å². The summed E-state index contributed by atoms with van der Waals surface area (Å²) < 4.78 is 12.4. The third-order valence-corrected chi connectivity index (χ3v) is 1.26. The van der Waals surface area contributed by atoms with Gasteiger partial charge in [0.15, 0.2) is 0 Å². The minimum atomic E-state index is -0.183. The molecule has 1 heteroatoms. The molecule has 0 aliphatic heterocycles. The van der Waals surface area contributed by atoms with Crippen molar-refractivity contribution in [2.24, 2.45) is 0 Å². The zero-order chi connectivity index (χ0) is 15.0. The number of rotatable bonds is 5. The maximum absolute atomic E-state index is 12.4. The van der Waals surface area contributed by atoms with Gasteiger partial charge in [0, 0.05) is 6.42 Å². The lowest BCUT2D eigenvalue weighted by Crippen LogP contribution is -1.70. The van der Waals surface area contributed by atoms with E-state index in [0.29, 0.717) is 6.42 Å². The summed E-state index contributed by atoms with van der Waals surface area (Å²) in [4.78, 5) is 0. The minimum Gasteiger partial charge on any atom is -0.211 e. The van der Waals surface area contributed by atoms with E-state index in [-0.39, 0.29) is 5.83 Å². The standard InChI is InChI=1S/C8H11F.C7H10.C2H6/c1-4-5-8(9)6-7(2)3;1-4-5-6-7(2)3;1-2/h4,6H,1-2,5H2,3H3;4-6H,1-2H2,3H3;1-2H3/b8-6+;6-5-;. The Morgan fingerprint density at radius 1 is 1.06 bits per heavy atom. The van der Waals surface area contributed by atoms with Gasteiger partial charge in [-0.2, -0.15) is 0 Å². The zero-order valence-electron chi connectivity index (χ0n) is 12.3. The maximum Gasteiger partial charge on any atom is 0.104 e. The van der Waals surface area contributed by atoms with Crippen LogP contribution in [0.25, 0.3) is 0 Å². The lowest BCUT2D eigenvalue weighted by molar-refractivity contribution is 0.617. The molecule has 0 atom stereocenters. The van der Waals surface area contributed by atoms with Crippen molar-refractivity contribution in [3.63, 3.8) is 0 Å². The Labute approximate surface area is 113 Å². The Hall–Kier alpha value is -1.63. The Morgan fingerprint density at radius 3 is 1.78 bits per heavy atom. The topological polar surface area (TPSA) is 0 Å². The monoisotopic (exact) mass is 250 g/mol. The molecular formula is C17H27F. The summed E-state index contributed by atoms with van der Waals surface area (Å²) in [6.45, 7) is 21.8. The van der Waals surface area contributed by atoms with Gasteiger partial charge >= 0.3 is 0 Å². The van der Waals surface area contributed by atoms with Crippen LogP contribution in [0.15, 0.2) is 73.7 Å². The van der Waals surface area contributed by atoms with E-state index in [0.717, 1.165) is 11.1 Å². The van der Waals surface area contributed by atoms with E-state index in [1.807, 2.05) is 32.9 Å². The molecule has 0 amide bonds. The maximum atomic E-state index is 12.4. The summed E-state index contributed by atoms with van der Waals surface area (Å²) in [6.07, 6.45) is 8.73. The average molecular weight is 250 g/mol. The summed E-state index contributed by atoms with van der Waals surface area (Å²) in [5.41, 5.74) is 1.79. The molecule has 0 aromatic heterocycles. The second-order valence-electron chi connectivity index (χ2n) is 3.37. The number of halogens is 1. The Bertz CT molecular complexity index is 304. The molecule has 0 rings (SSSR count). The van der Waals surface area contributed by atoms with E-state index < -0.39 is 0 Å². The fourth-order valence-electron chi connectivity index (χ4n) is 0.696. The van der Waals surface area contributed by atoms with Gasteiger partial charge in [0.05, 0.1) is 0 Å². The fourth-order valence-corrected chi connectivity index (χ4v) is 0.696. The lowest BCUT2D eigenvalue weighted by Gasteiger charge is -1.88. The van der Waals surface area contributed by atoms with Crippen LogP contribution in [0.2, 0.25) is 0 Å². The predicted octanol–water partition coefficient (Wildman–Crippen LogP) is 6.32. The quantitative estimate of drug-likeness (QED) is 0.395. The molecule has 0 aromatic rings. The molecule has 0 aliphatic carbocycles. The number of hydrogen-bond acceptors (Lipinski definition) is 0. The Kier molecular flexibility index (Phi) is 21.3. The van der Waals surface area contributed by atoms with Crippen molar-refractivity contribution in [2.45, 2.75) is 34.1 Å². The van der Waals surface area contributed by atoms with Crippen molar-refractivity contribution >= 4 is 0 Å². The van der Waals surface area contributed by atoms with Crippen LogP contribution in [0, 0.1) is 0 Å². The first-order chi connectivity index (χ1) is 8.43. The van der Waals surface area contributed by atoms with Crippen LogP contribution in [-0.2, 0) is 0 Å². The van der Waals surface area contributed by atoms with Gasteiger partial charge in [-0.05, 0) is 19.9 Å². The van der Waals surface area contributed by atoms with Crippen LogP contribution in [0.3, 0.4) is 0 Å². The van der Waals surface area contributed by atoms with Gasteiger partial charge in [0.1, 0.15) is 5.83 Å². The second kappa shape index (κ2) is 17.8. The largest absolute Gasteiger partial charge is 0.211 e. The van der Waals surface area contributed by atoms with E-state index in [4.69, 9.17) is 0 Å². The smallest absolute Gasteiger partial charge is 0.104 e. The molecule has 0 bridgehead atoms. The van der Waals surface area contributed by atoms with Crippen molar-refractivity contribution in [2.75, 3.05) is 0 Å². The zero-order valence-corrected chi connectivity index (χ0v) is 12.3. The summed E-state index contributed by atoms with van der Waals surface area (Å²) >= 11 is 0. The molecule has 0 aromatic carbocycles. The average Bonchev–Trinajstić information content (AvgIpc) is 2.29. The molecule has 18 heavy (non-hydrogen) atoms. The van der Waals surface area contributed by atoms with E-state index in [2.05, 4.69) is 26.3 Å². The van der Waals surface area contributed by atoms with Crippen molar-refractivity contribution in [3.8, 4) is 0 Å². The molecule has 0 saturated carbocycles. The van der Waals surface area contributed by atoms with Gasteiger partial charge in [-0.25, -0.2) is 4.39 Å². The van der Waals surface area contributed by atoms with Gasteiger partial charge in [-0.3, -0.25) is 0 Å². The first kappa shape index (κ1) is 21.6. The normalized spacial score (nSPS) is 9.50. The molecule has 0 spiro atoms. The fraction of sp³-hybridized carbons (Fsp3) is 0.294. The van der Waals surface area contributed by atoms with Crippen molar-refractivity contribution < 1.29 is 4.39 Å². The molecule has 0 N–H and O–H groups in total. The summed E-state index contributed by atoms with van der Waals surface area (Å²) in [6, 6.07) is 0. The highest BCUT2D eigenvalue weighted by atomic mass is 19.1. The van der Waals surface area contributed by atoms with Crippen molar-refractivity contribution in [1.29, 1.82) is 0 Å². The predicted molar refractivity (Wildman–Crippen MR) is 84.3 cm³/mol. The van der Waals surface area contributed by atoms with Crippen LogP contribution in [0.4, 0.5) is 4.39 Å². The molecule has 0 fully saturated rings. The Morgan fingerprint density at radius 2 is 1.56 bits per heavy atom. The SMILES string of the molecule is C=C/C=C\C(=C)C.C=CC/C(F)=C\C(=C)C.CC. The van der Waals surface area contributed by atoms with Crippen LogP contribution < -0.4 is 0 Å². The molecule has 0 unspecified atom stereocenters. The van der Waals surface area contributed by atoms with E-state index >= 15 is 0 Å². The number of allylic oxidation sites excluding steroid dienone is 8. The van der Waals surface area contributed by atoms with Gasteiger partial charge in [-0.1, -0.05) is 69.0 Å². The van der Waals surface area contributed by atoms with Crippen LogP contribution >= 0.6 is 0 Å². The highest BCUT2D eigenvalue weighted by Crippen LogP contribution is 2.05. The third-order valence-electron chi connectivity index (χ3n) is 1.26. The molecule has 0 nitrogen and oxygen atoms in total. The van der Waals surface area contributed by atoms with E-state index in [1.54, 1.807) is 13.0 Å². The highest BCUT2D eigenvalue weighted by Gasteiger charge is 1.87. The second-order valence-corrected chi connectivity index (χ2v) is 3.37. The van der Waals surface area contributed by atoms with Gasteiger partial charge in [-0.15, -0.1) is 6.58 Å². The summed E-state index contributed by atoms with van der Waals surface area (Å²) in [5.74, 6) is -0.183. The summed E-state index contributed by atoms with van der Waals surface area (Å²) in [7, 11) is 0. The Balaban J connectivity index is -0.000000225. The first-order valence-corrected chi connectivity index (χ1v) is 6.01. The van der Waals surface area contributed by atoms with E-state index in [1.165, 1.54) is 12.2 Å². The van der Waals surface area contributed by atoms with Gasteiger partial charge in [0.25, 0.3) is 0 Å². The van der Waals surface area contributed by atoms with Gasteiger partial charge in [0.2, 0.25) is 0 Å². The van der Waals surface area contributed by atoms with Crippen molar-refractivity contribution in [3.05, 3.63) is 73.7 Å². The van der Waals surface area contributed by atoms with Crippen molar-refractivity contribution in [1.82, 2.24) is 0 Å². The minimum absolute atomic E-state index is 0.183. The third kappa shape index (κ3) is 29.3. The number of hydrogen-bond donors (Lipinski definition) is 0. The van der Waals surface area contributed by atoms with Crippen LogP contribution in [0.5, 0.6) is 0 Å². The van der Waals surface area contributed by atoms with Gasteiger partial charge < -0.3 is 0 Å². The molecule has 102 valence electrons. The summed E-state index contributed by atoms with van der Waals surface area (Å²) in [5, 5.41) is 0. The lowest BCUT2D eigenvalue weighted by atomic mass is 10.2. The molecule has 0 heterocycles. The molecule has 0 aliphatic rings.